The lowest BCUT2D eigenvalue weighted by Crippen LogP contribution is -2.11. The number of nitrogens with one attached hydrogen (secondary N) is 2. The topological polar surface area (TPSA) is 98.6 Å². The molecule has 0 fully saturated rings. The van der Waals surface area contributed by atoms with E-state index in [1.54, 1.807) is 24.4 Å². The number of hydrogen-bond acceptors (Lipinski definition) is 5. The van der Waals surface area contributed by atoms with Crippen molar-refractivity contribution in [3.8, 4) is 6.07 Å². The zero-order valence-corrected chi connectivity index (χ0v) is 14.1. The number of sulfonamides is 1. The summed E-state index contributed by atoms with van der Waals surface area (Å²) in [5.74, 6) is 0.175. The summed E-state index contributed by atoms with van der Waals surface area (Å²) in [6.45, 7) is 3.93. The van der Waals surface area contributed by atoms with E-state index in [2.05, 4.69) is 20.8 Å². The lowest BCUT2D eigenvalue weighted by molar-refractivity contribution is 0.603. The average Bonchev–Trinajstić information content (AvgIpc) is 3.14. The number of fused-ring (bicyclic) bond motifs is 1. The van der Waals surface area contributed by atoms with Crippen LogP contribution in [0.2, 0.25) is 0 Å². The van der Waals surface area contributed by atoms with Crippen LogP contribution in [-0.2, 0) is 10.0 Å². The first kappa shape index (κ1) is 15.5. The van der Waals surface area contributed by atoms with Crippen molar-refractivity contribution in [2.45, 2.75) is 24.0 Å². The van der Waals surface area contributed by atoms with E-state index < -0.39 is 10.0 Å². The summed E-state index contributed by atoms with van der Waals surface area (Å²) in [6, 6.07) is 7.20. The maximum atomic E-state index is 12.5. The normalized spacial score (nSPS) is 11.7. The molecule has 23 heavy (non-hydrogen) atoms. The second-order valence-corrected chi connectivity index (χ2v) is 8.29. The van der Waals surface area contributed by atoms with Crippen LogP contribution in [-0.4, -0.2) is 18.4 Å². The van der Waals surface area contributed by atoms with E-state index in [4.69, 9.17) is 5.26 Å². The number of nitrogens with zero attached hydrogens (tertiary/aromatic N) is 2. The molecular formula is C15H14N4O2S2. The van der Waals surface area contributed by atoms with E-state index >= 15 is 0 Å². The quantitative estimate of drug-likeness (QED) is 0.756. The molecule has 6 nitrogen and oxygen atoms in total. The summed E-state index contributed by atoms with van der Waals surface area (Å²) in [5, 5.41) is 10.5. The van der Waals surface area contributed by atoms with Gasteiger partial charge in [0.1, 0.15) is 6.07 Å². The van der Waals surface area contributed by atoms with Crippen molar-refractivity contribution in [3.63, 3.8) is 0 Å². The molecule has 2 N–H and O–H groups in total. The molecule has 2 aromatic heterocycles. The highest BCUT2D eigenvalue weighted by molar-refractivity contribution is 7.94. The van der Waals surface area contributed by atoms with Crippen LogP contribution in [0.15, 0.2) is 34.8 Å². The van der Waals surface area contributed by atoms with Crippen LogP contribution in [0.25, 0.3) is 10.9 Å². The number of thiazole rings is 1. The molecule has 0 spiro atoms. The standard InChI is InChI=1S/C15H14N4O2S2/c1-9(2)15-18-8-13(22-15)23(20,21)19-12-5-3-4-11-10(6-16)7-17-14(11)12/h3-5,7-9,17,19H,1-2H3. The molecule has 0 saturated carbocycles. The van der Waals surface area contributed by atoms with Crippen LogP contribution in [0.5, 0.6) is 0 Å². The van der Waals surface area contributed by atoms with Gasteiger partial charge >= 0.3 is 0 Å². The lowest BCUT2D eigenvalue weighted by atomic mass is 10.2. The van der Waals surface area contributed by atoms with Crippen molar-refractivity contribution in [2.24, 2.45) is 0 Å². The number of para-hydroxylation sites is 1. The fourth-order valence-corrected chi connectivity index (χ4v) is 4.41. The van der Waals surface area contributed by atoms with Crippen LogP contribution in [0.1, 0.15) is 30.3 Å². The average molecular weight is 346 g/mol. The third kappa shape index (κ3) is 2.81. The van der Waals surface area contributed by atoms with E-state index in [0.29, 0.717) is 22.2 Å². The Hall–Kier alpha value is -2.37. The van der Waals surface area contributed by atoms with Gasteiger partial charge in [0.2, 0.25) is 0 Å². The van der Waals surface area contributed by atoms with E-state index in [1.807, 2.05) is 13.8 Å². The molecule has 0 aliphatic heterocycles. The number of aromatic amines is 1. The number of nitriles is 1. The highest BCUT2D eigenvalue weighted by Crippen LogP contribution is 2.29. The van der Waals surface area contributed by atoms with Crippen molar-refractivity contribution in [2.75, 3.05) is 4.72 Å². The molecule has 118 valence electrons. The third-order valence-electron chi connectivity index (χ3n) is 3.34. The van der Waals surface area contributed by atoms with Crippen molar-refractivity contribution < 1.29 is 8.42 Å². The van der Waals surface area contributed by atoms with Crippen molar-refractivity contribution >= 4 is 38.0 Å². The van der Waals surface area contributed by atoms with E-state index in [1.165, 1.54) is 6.20 Å². The molecule has 0 radical (unpaired) electrons. The van der Waals surface area contributed by atoms with Crippen molar-refractivity contribution in [1.29, 1.82) is 5.26 Å². The zero-order valence-electron chi connectivity index (χ0n) is 12.5. The zero-order chi connectivity index (χ0) is 16.6. The maximum Gasteiger partial charge on any atom is 0.273 e. The summed E-state index contributed by atoms with van der Waals surface area (Å²) in [6.07, 6.45) is 2.93. The number of benzene rings is 1. The monoisotopic (exact) mass is 346 g/mol. The van der Waals surface area contributed by atoms with Gasteiger partial charge in [-0.05, 0) is 6.07 Å². The minimum atomic E-state index is -3.71. The van der Waals surface area contributed by atoms with Crippen LogP contribution in [0, 0.1) is 11.3 Å². The fraction of sp³-hybridized carbons (Fsp3) is 0.200. The molecule has 0 atom stereocenters. The molecule has 3 rings (SSSR count). The molecule has 8 heteroatoms. The first-order valence-corrected chi connectivity index (χ1v) is 9.21. The van der Waals surface area contributed by atoms with Gasteiger partial charge in [-0.15, -0.1) is 11.3 Å². The summed E-state index contributed by atoms with van der Waals surface area (Å²) in [4.78, 5) is 7.10. The summed E-state index contributed by atoms with van der Waals surface area (Å²) >= 11 is 1.16. The summed E-state index contributed by atoms with van der Waals surface area (Å²) in [5.41, 5.74) is 1.46. The Bertz CT molecular complexity index is 1010. The Balaban J connectivity index is 2.00. The SMILES string of the molecule is CC(C)c1ncc(S(=O)(=O)Nc2cccc3c(C#N)c[nH]c23)s1. The fourth-order valence-electron chi connectivity index (χ4n) is 2.19. The third-order valence-corrected chi connectivity index (χ3v) is 6.47. The minimum absolute atomic E-state index is 0.172. The van der Waals surface area contributed by atoms with Gasteiger partial charge in [-0.1, -0.05) is 26.0 Å². The Morgan fingerprint density at radius 1 is 1.39 bits per heavy atom. The number of H-pyrrole nitrogens is 1. The number of anilines is 1. The van der Waals surface area contributed by atoms with Crippen LogP contribution in [0.3, 0.4) is 0 Å². The van der Waals surface area contributed by atoms with Gasteiger partial charge < -0.3 is 4.98 Å². The lowest BCUT2D eigenvalue weighted by Gasteiger charge is -2.07. The number of aromatic nitrogens is 2. The van der Waals surface area contributed by atoms with E-state index in [0.717, 1.165) is 16.3 Å². The van der Waals surface area contributed by atoms with Gasteiger partial charge in [-0.3, -0.25) is 4.72 Å². The Labute approximate surface area is 137 Å². The minimum Gasteiger partial charge on any atom is -0.358 e. The predicted molar refractivity (Wildman–Crippen MR) is 90.0 cm³/mol. The molecule has 0 amide bonds. The molecule has 0 bridgehead atoms. The van der Waals surface area contributed by atoms with Crippen molar-refractivity contribution in [3.05, 3.63) is 41.2 Å². The Morgan fingerprint density at radius 2 is 2.17 bits per heavy atom. The number of hydrogen-bond donors (Lipinski definition) is 2. The summed E-state index contributed by atoms with van der Waals surface area (Å²) < 4.78 is 27.8. The van der Waals surface area contributed by atoms with Crippen LogP contribution >= 0.6 is 11.3 Å². The first-order valence-electron chi connectivity index (χ1n) is 6.91. The molecule has 0 saturated heterocycles. The second kappa shape index (κ2) is 5.68. The van der Waals surface area contributed by atoms with E-state index in [-0.39, 0.29) is 10.1 Å². The van der Waals surface area contributed by atoms with E-state index in [9.17, 15) is 8.42 Å². The first-order chi connectivity index (χ1) is 10.9. The molecule has 0 aliphatic rings. The number of rotatable bonds is 4. The van der Waals surface area contributed by atoms with Gasteiger partial charge in [0.15, 0.2) is 4.21 Å². The Kier molecular flexibility index (Phi) is 3.83. The second-order valence-electron chi connectivity index (χ2n) is 5.32. The van der Waals surface area contributed by atoms with Gasteiger partial charge in [-0.25, -0.2) is 13.4 Å². The predicted octanol–water partition coefficient (Wildman–Crippen LogP) is 3.42. The van der Waals surface area contributed by atoms with Gasteiger partial charge in [0.05, 0.1) is 28.0 Å². The van der Waals surface area contributed by atoms with Gasteiger partial charge in [0.25, 0.3) is 10.0 Å². The molecule has 0 unspecified atom stereocenters. The summed E-state index contributed by atoms with van der Waals surface area (Å²) in [7, 11) is -3.71. The molecule has 1 aromatic carbocycles. The smallest absolute Gasteiger partial charge is 0.273 e. The highest BCUT2D eigenvalue weighted by atomic mass is 32.2. The van der Waals surface area contributed by atoms with Gasteiger partial charge in [-0.2, -0.15) is 5.26 Å². The Morgan fingerprint density at radius 3 is 2.83 bits per heavy atom. The molecule has 2 heterocycles. The van der Waals surface area contributed by atoms with Crippen LogP contribution < -0.4 is 4.72 Å². The molecule has 3 aromatic rings. The van der Waals surface area contributed by atoms with Gasteiger partial charge in [0, 0.05) is 17.5 Å². The van der Waals surface area contributed by atoms with Crippen molar-refractivity contribution in [1.82, 2.24) is 9.97 Å². The maximum absolute atomic E-state index is 12.5. The molecular weight excluding hydrogens is 332 g/mol. The van der Waals surface area contributed by atoms with Crippen LogP contribution in [0.4, 0.5) is 5.69 Å². The highest BCUT2D eigenvalue weighted by Gasteiger charge is 2.20. The largest absolute Gasteiger partial charge is 0.358 e. The molecule has 0 aliphatic carbocycles.